The molecule has 1 saturated heterocycles. The lowest BCUT2D eigenvalue weighted by atomic mass is 10.1. The van der Waals surface area contributed by atoms with Crippen LogP contribution in [0.3, 0.4) is 0 Å². The molecule has 1 aliphatic rings. The first-order chi connectivity index (χ1) is 12.7. The smallest absolute Gasteiger partial charge is 0.256 e. The number of rotatable bonds is 5. The molecule has 6 nitrogen and oxygen atoms in total. The van der Waals surface area contributed by atoms with Gasteiger partial charge in [-0.15, -0.1) is 0 Å². The van der Waals surface area contributed by atoms with Crippen LogP contribution >= 0.6 is 22.9 Å². The Balaban J connectivity index is 1.50. The molecule has 0 atom stereocenters. The lowest BCUT2D eigenvalue weighted by molar-refractivity contribution is 0.0793. The largest absolute Gasteiger partial charge is 0.375 e. The van der Waals surface area contributed by atoms with Gasteiger partial charge in [0.15, 0.2) is 0 Å². The first-order valence-electron chi connectivity index (χ1n) is 8.38. The van der Waals surface area contributed by atoms with Gasteiger partial charge in [-0.25, -0.2) is 0 Å². The summed E-state index contributed by atoms with van der Waals surface area (Å²) in [6, 6.07) is 7.21. The molecule has 26 heavy (non-hydrogen) atoms. The fraction of sp³-hybridized carbons (Fsp3) is 0.278. The minimum absolute atomic E-state index is 0.00279. The number of carbonyl (C=O) groups is 1. The number of aromatic nitrogens is 2. The summed E-state index contributed by atoms with van der Waals surface area (Å²) in [5, 5.41) is 11.7. The molecule has 0 aliphatic carbocycles. The van der Waals surface area contributed by atoms with Crippen molar-refractivity contribution in [3.63, 3.8) is 0 Å². The standard InChI is InChI=1S/C18H17ClN4O2S/c19-13-3-4-15(14(9-13)18(24)23-6-1-2-7-23)20-10-16-21-17(22-25-16)12-5-8-26-11-12/h3-5,8-9,11,20H,1-2,6-7,10H2. The second kappa shape index (κ2) is 7.47. The van der Waals surface area contributed by atoms with Crippen LogP contribution in [-0.2, 0) is 6.54 Å². The Labute approximate surface area is 159 Å². The summed E-state index contributed by atoms with van der Waals surface area (Å²) < 4.78 is 5.29. The summed E-state index contributed by atoms with van der Waals surface area (Å²) >= 11 is 7.69. The molecule has 1 aromatic carbocycles. The Morgan fingerprint density at radius 3 is 2.92 bits per heavy atom. The summed E-state index contributed by atoms with van der Waals surface area (Å²) in [5.74, 6) is 1.02. The maximum atomic E-state index is 12.8. The molecule has 2 aromatic heterocycles. The number of benzene rings is 1. The van der Waals surface area contributed by atoms with E-state index in [0.717, 1.165) is 31.5 Å². The monoisotopic (exact) mass is 388 g/mol. The van der Waals surface area contributed by atoms with Gasteiger partial charge in [-0.05, 0) is 42.5 Å². The number of carbonyl (C=O) groups excluding carboxylic acids is 1. The number of nitrogens with one attached hydrogen (secondary N) is 1. The zero-order valence-electron chi connectivity index (χ0n) is 13.9. The Kier molecular flexibility index (Phi) is 4.90. The van der Waals surface area contributed by atoms with Gasteiger partial charge in [0.05, 0.1) is 12.1 Å². The van der Waals surface area contributed by atoms with Gasteiger partial charge in [-0.2, -0.15) is 16.3 Å². The summed E-state index contributed by atoms with van der Waals surface area (Å²) in [6.07, 6.45) is 2.09. The third kappa shape index (κ3) is 3.59. The van der Waals surface area contributed by atoms with Crippen molar-refractivity contribution in [3.05, 3.63) is 51.5 Å². The maximum Gasteiger partial charge on any atom is 0.256 e. The molecule has 0 bridgehead atoms. The van der Waals surface area contributed by atoms with Crippen LogP contribution in [0.2, 0.25) is 5.02 Å². The third-order valence-electron chi connectivity index (χ3n) is 4.28. The molecule has 0 unspecified atom stereocenters. The van der Waals surface area contributed by atoms with Crippen LogP contribution in [0.15, 0.2) is 39.5 Å². The maximum absolute atomic E-state index is 12.8. The van der Waals surface area contributed by atoms with Gasteiger partial charge >= 0.3 is 0 Å². The van der Waals surface area contributed by atoms with E-state index in [9.17, 15) is 4.79 Å². The van der Waals surface area contributed by atoms with Crippen molar-refractivity contribution in [3.8, 4) is 11.4 Å². The second-order valence-electron chi connectivity index (χ2n) is 6.07. The summed E-state index contributed by atoms with van der Waals surface area (Å²) in [6.45, 7) is 1.91. The Morgan fingerprint density at radius 2 is 2.15 bits per heavy atom. The Morgan fingerprint density at radius 1 is 1.31 bits per heavy atom. The molecule has 1 amide bonds. The van der Waals surface area contributed by atoms with E-state index in [1.807, 2.05) is 27.8 Å². The van der Waals surface area contributed by atoms with Gasteiger partial charge in [0.1, 0.15) is 0 Å². The first kappa shape index (κ1) is 17.1. The minimum Gasteiger partial charge on any atom is -0.375 e. The number of halogens is 1. The Bertz CT molecular complexity index is 904. The SMILES string of the molecule is O=C(c1cc(Cl)ccc1NCc1nc(-c2ccsc2)no1)N1CCCC1. The number of thiophene rings is 1. The fourth-order valence-electron chi connectivity index (χ4n) is 2.94. The molecular weight excluding hydrogens is 372 g/mol. The highest BCUT2D eigenvalue weighted by atomic mass is 35.5. The fourth-order valence-corrected chi connectivity index (χ4v) is 3.75. The summed E-state index contributed by atoms with van der Waals surface area (Å²) in [7, 11) is 0. The van der Waals surface area contributed by atoms with Crippen LogP contribution < -0.4 is 5.32 Å². The van der Waals surface area contributed by atoms with Crippen molar-refractivity contribution in [1.29, 1.82) is 0 Å². The zero-order chi connectivity index (χ0) is 17.9. The summed E-state index contributed by atoms with van der Waals surface area (Å²) in [5.41, 5.74) is 2.21. The highest BCUT2D eigenvalue weighted by Crippen LogP contribution is 2.25. The van der Waals surface area contributed by atoms with Crippen molar-refractivity contribution in [1.82, 2.24) is 15.0 Å². The van der Waals surface area contributed by atoms with E-state index < -0.39 is 0 Å². The van der Waals surface area contributed by atoms with Gasteiger partial charge in [0.2, 0.25) is 11.7 Å². The van der Waals surface area contributed by atoms with E-state index >= 15 is 0 Å². The highest BCUT2D eigenvalue weighted by Gasteiger charge is 2.22. The minimum atomic E-state index is -0.00279. The van der Waals surface area contributed by atoms with E-state index in [1.165, 1.54) is 0 Å². The highest BCUT2D eigenvalue weighted by molar-refractivity contribution is 7.08. The molecule has 8 heteroatoms. The van der Waals surface area contributed by atoms with Gasteiger partial charge in [-0.3, -0.25) is 4.79 Å². The number of hydrogen-bond donors (Lipinski definition) is 1. The van der Waals surface area contributed by atoms with E-state index in [1.54, 1.807) is 23.5 Å². The van der Waals surface area contributed by atoms with E-state index in [-0.39, 0.29) is 5.91 Å². The van der Waals surface area contributed by atoms with Crippen LogP contribution in [0.5, 0.6) is 0 Å². The van der Waals surface area contributed by atoms with Crippen LogP contribution in [0.1, 0.15) is 29.1 Å². The molecule has 3 aromatic rings. The molecule has 1 aliphatic heterocycles. The number of nitrogens with zero attached hydrogens (tertiary/aromatic N) is 3. The molecule has 3 heterocycles. The number of hydrogen-bond acceptors (Lipinski definition) is 6. The molecular formula is C18H17ClN4O2S. The van der Waals surface area contributed by atoms with E-state index in [0.29, 0.717) is 34.5 Å². The quantitative estimate of drug-likeness (QED) is 0.705. The number of likely N-dealkylation sites (tertiary alicyclic amines) is 1. The second-order valence-corrected chi connectivity index (χ2v) is 7.28. The number of amides is 1. The predicted octanol–water partition coefficient (Wildman–Crippen LogP) is 4.30. The van der Waals surface area contributed by atoms with Gasteiger partial charge in [0, 0.05) is 34.7 Å². The lowest BCUT2D eigenvalue weighted by Crippen LogP contribution is -2.28. The molecule has 134 valence electrons. The van der Waals surface area contributed by atoms with Crippen molar-refractivity contribution in [2.24, 2.45) is 0 Å². The number of anilines is 1. The molecule has 0 saturated carbocycles. The molecule has 0 radical (unpaired) electrons. The van der Waals surface area contributed by atoms with Gasteiger partial charge in [-0.1, -0.05) is 16.8 Å². The van der Waals surface area contributed by atoms with Crippen molar-refractivity contribution in [2.75, 3.05) is 18.4 Å². The van der Waals surface area contributed by atoms with Gasteiger partial charge < -0.3 is 14.7 Å². The average Bonchev–Trinajstić information content (AvgIpc) is 3.42. The van der Waals surface area contributed by atoms with Crippen molar-refractivity contribution >= 4 is 34.5 Å². The lowest BCUT2D eigenvalue weighted by Gasteiger charge is -2.18. The van der Waals surface area contributed by atoms with E-state index in [4.69, 9.17) is 16.1 Å². The Hall–Kier alpha value is -2.38. The van der Waals surface area contributed by atoms with Crippen LogP contribution in [0, 0.1) is 0 Å². The van der Waals surface area contributed by atoms with Crippen molar-refractivity contribution in [2.45, 2.75) is 19.4 Å². The first-order valence-corrected chi connectivity index (χ1v) is 9.70. The van der Waals surface area contributed by atoms with Crippen molar-refractivity contribution < 1.29 is 9.32 Å². The molecule has 4 rings (SSSR count). The molecule has 1 fully saturated rings. The van der Waals surface area contributed by atoms with Gasteiger partial charge in [0.25, 0.3) is 5.91 Å². The third-order valence-corrected chi connectivity index (χ3v) is 5.20. The van der Waals surface area contributed by atoms with Crippen LogP contribution in [0.25, 0.3) is 11.4 Å². The van der Waals surface area contributed by atoms with E-state index in [2.05, 4.69) is 15.5 Å². The van der Waals surface area contributed by atoms with Crippen LogP contribution in [-0.4, -0.2) is 34.0 Å². The zero-order valence-corrected chi connectivity index (χ0v) is 15.5. The average molecular weight is 389 g/mol. The summed E-state index contributed by atoms with van der Waals surface area (Å²) in [4.78, 5) is 19.0. The predicted molar refractivity (Wildman–Crippen MR) is 102 cm³/mol. The topological polar surface area (TPSA) is 71.3 Å². The molecule has 1 N–H and O–H groups in total. The van der Waals surface area contributed by atoms with Crippen LogP contribution in [0.4, 0.5) is 5.69 Å². The molecule has 0 spiro atoms. The normalized spacial score (nSPS) is 14.0.